The van der Waals surface area contributed by atoms with Crippen molar-refractivity contribution in [2.75, 3.05) is 6.61 Å². The first-order chi connectivity index (χ1) is 18.1. The highest BCUT2D eigenvalue weighted by molar-refractivity contribution is 5.94. The fourth-order valence-electron chi connectivity index (χ4n) is 7.66. The second-order valence-electron chi connectivity index (χ2n) is 12.2. The molecule has 0 radical (unpaired) electrons. The summed E-state index contributed by atoms with van der Waals surface area (Å²) in [7, 11) is 0. The maximum atomic E-state index is 14.3. The molecule has 1 saturated heterocycles. The molecule has 3 fully saturated rings. The van der Waals surface area contributed by atoms with Crippen molar-refractivity contribution < 1.29 is 49.0 Å². The van der Waals surface area contributed by atoms with Crippen LogP contribution in [0.4, 0.5) is 0 Å². The van der Waals surface area contributed by atoms with Gasteiger partial charge >= 0.3 is 11.9 Å². The molecule has 1 aliphatic heterocycles. The van der Waals surface area contributed by atoms with Crippen molar-refractivity contribution in [1.29, 1.82) is 0 Å². The van der Waals surface area contributed by atoms with Crippen LogP contribution < -0.4 is 0 Å². The second-order valence-corrected chi connectivity index (χ2v) is 12.2. The molecule has 0 aromatic heterocycles. The number of hydrogen-bond donors (Lipinski definition) is 4. The monoisotopic (exact) mass is 544 g/mol. The summed E-state index contributed by atoms with van der Waals surface area (Å²) in [5, 5.41) is 46.7. The number of Topliss-reactive ketones (excluding diaryl/α,β-unsaturated/α-hetero) is 1. The Balaban J connectivity index is 1.81. The average molecular weight is 545 g/mol. The maximum Gasteiger partial charge on any atom is 0.338 e. The fraction of sp³-hybridized carbons (Fsp3) is 0.621. The molecular formula is C29H36O10. The number of esters is 2. The van der Waals surface area contributed by atoms with Crippen LogP contribution in [0.3, 0.4) is 0 Å². The van der Waals surface area contributed by atoms with Crippen LogP contribution in [0.2, 0.25) is 0 Å². The van der Waals surface area contributed by atoms with Crippen molar-refractivity contribution in [2.24, 2.45) is 16.7 Å². The maximum absolute atomic E-state index is 14.3. The molecule has 39 heavy (non-hydrogen) atoms. The molecule has 2 saturated carbocycles. The van der Waals surface area contributed by atoms with Crippen LogP contribution in [0.15, 0.2) is 41.5 Å². The van der Waals surface area contributed by atoms with E-state index in [9.17, 15) is 34.8 Å². The number of carbonyl (C=O) groups is 3. The first-order valence-corrected chi connectivity index (χ1v) is 13.2. The van der Waals surface area contributed by atoms with Gasteiger partial charge < -0.3 is 34.6 Å². The van der Waals surface area contributed by atoms with Gasteiger partial charge in [0.15, 0.2) is 11.4 Å². The number of ketones is 1. The molecule has 0 amide bonds. The number of hydrogen-bond acceptors (Lipinski definition) is 10. The Morgan fingerprint density at radius 1 is 1.08 bits per heavy atom. The zero-order valence-electron chi connectivity index (χ0n) is 22.7. The highest BCUT2D eigenvalue weighted by Crippen LogP contribution is 2.63. The van der Waals surface area contributed by atoms with Gasteiger partial charge in [0, 0.05) is 25.2 Å². The topological polar surface area (TPSA) is 160 Å². The van der Waals surface area contributed by atoms with Crippen molar-refractivity contribution in [3.8, 4) is 0 Å². The number of carbonyl (C=O) groups excluding carboxylic acids is 3. The molecule has 10 heteroatoms. The van der Waals surface area contributed by atoms with Gasteiger partial charge in [-0.25, -0.2) is 4.79 Å². The van der Waals surface area contributed by atoms with E-state index < -0.39 is 76.2 Å². The molecule has 1 aromatic carbocycles. The van der Waals surface area contributed by atoms with Gasteiger partial charge in [-0.15, -0.1) is 0 Å². The Hall–Kier alpha value is -2.63. The lowest BCUT2D eigenvalue weighted by atomic mass is 9.44. The lowest BCUT2D eigenvalue weighted by molar-refractivity contribution is -0.345. The molecule has 4 aliphatic rings. The average Bonchev–Trinajstić information content (AvgIpc) is 2.87. The van der Waals surface area contributed by atoms with Crippen LogP contribution in [-0.4, -0.2) is 86.5 Å². The number of rotatable bonds is 3. The first-order valence-electron chi connectivity index (χ1n) is 13.2. The third kappa shape index (κ3) is 3.62. The summed E-state index contributed by atoms with van der Waals surface area (Å²) in [6.45, 7) is 7.29. The minimum Gasteiger partial charge on any atom is -0.455 e. The summed E-state index contributed by atoms with van der Waals surface area (Å²) < 4.78 is 17.7. The zero-order chi connectivity index (χ0) is 28.7. The third-order valence-electron chi connectivity index (χ3n) is 9.95. The predicted octanol–water partition coefficient (Wildman–Crippen LogP) is 1.08. The first kappa shape index (κ1) is 27.9. The number of aliphatic hydroxyl groups is 4. The summed E-state index contributed by atoms with van der Waals surface area (Å²) in [5.41, 5.74) is -6.24. The molecule has 0 spiro atoms. The van der Waals surface area contributed by atoms with E-state index in [1.807, 2.05) is 0 Å². The van der Waals surface area contributed by atoms with Crippen molar-refractivity contribution in [3.63, 3.8) is 0 Å². The third-order valence-corrected chi connectivity index (χ3v) is 9.95. The van der Waals surface area contributed by atoms with Gasteiger partial charge in [-0.2, -0.15) is 0 Å². The molecule has 2 bridgehead atoms. The van der Waals surface area contributed by atoms with E-state index in [2.05, 4.69) is 0 Å². The molecule has 4 N–H and O–H groups in total. The zero-order valence-corrected chi connectivity index (χ0v) is 22.7. The highest BCUT2D eigenvalue weighted by Gasteiger charge is 2.77. The Bertz CT molecular complexity index is 1240. The minimum atomic E-state index is -2.07. The Morgan fingerprint density at radius 3 is 2.28 bits per heavy atom. The second kappa shape index (κ2) is 8.94. The number of ether oxygens (including phenoxy) is 3. The van der Waals surface area contributed by atoms with Crippen LogP contribution in [0.5, 0.6) is 0 Å². The van der Waals surface area contributed by atoms with Crippen molar-refractivity contribution >= 4 is 17.7 Å². The fourth-order valence-corrected chi connectivity index (χ4v) is 7.66. The molecule has 1 heterocycles. The number of aliphatic hydroxyl groups excluding tert-OH is 3. The van der Waals surface area contributed by atoms with Gasteiger partial charge in [-0.1, -0.05) is 32.0 Å². The number of fused-ring (bicyclic) bond motifs is 5. The molecule has 3 aliphatic carbocycles. The van der Waals surface area contributed by atoms with Crippen molar-refractivity contribution in [1.82, 2.24) is 0 Å². The summed E-state index contributed by atoms with van der Waals surface area (Å²) in [4.78, 5) is 40.3. The molecule has 9 atom stereocenters. The van der Waals surface area contributed by atoms with Crippen molar-refractivity contribution in [3.05, 3.63) is 47.0 Å². The molecule has 5 unspecified atom stereocenters. The SMILES string of the molecule is CC(=O)O[C@@]12COC1CC(O)[C@@]1(C)C(=O)C(O)C3=C(C)C(O)C[C@@](O)(C(OC(=O)c4ccccc4)[C@@H]21)C3(C)C. The van der Waals surface area contributed by atoms with E-state index in [0.717, 1.165) is 0 Å². The molecule has 1 aromatic rings. The quantitative estimate of drug-likeness (QED) is 0.320. The molecule has 5 rings (SSSR count). The Kier molecular flexibility index (Phi) is 6.40. The summed E-state index contributed by atoms with van der Waals surface area (Å²) in [6, 6.07) is 8.08. The van der Waals surface area contributed by atoms with E-state index in [1.165, 1.54) is 26.0 Å². The predicted molar refractivity (Wildman–Crippen MR) is 135 cm³/mol. The van der Waals surface area contributed by atoms with Crippen LogP contribution >= 0.6 is 0 Å². The van der Waals surface area contributed by atoms with Gasteiger partial charge in [-0.05, 0) is 37.1 Å². The summed E-state index contributed by atoms with van der Waals surface area (Å²) in [5.74, 6) is -3.60. The molecular weight excluding hydrogens is 508 g/mol. The highest BCUT2D eigenvalue weighted by atomic mass is 16.6. The van der Waals surface area contributed by atoms with Crippen LogP contribution in [-0.2, 0) is 23.8 Å². The van der Waals surface area contributed by atoms with Gasteiger partial charge in [0.1, 0.15) is 23.9 Å². The number of benzene rings is 1. The lowest BCUT2D eigenvalue weighted by Gasteiger charge is -2.67. The minimum absolute atomic E-state index is 0.0828. The Labute approximate surface area is 226 Å². The van der Waals surface area contributed by atoms with Crippen LogP contribution in [0.1, 0.15) is 57.8 Å². The Morgan fingerprint density at radius 2 is 1.72 bits per heavy atom. The van der Waals surface area contributed by atoms with Gasteiger partial charge in [0.2, 0.25) is 0 Å². The normalized spacial score (nSPS) is 42.7. The van der Waals surface area contributed by atoms with Gasteiger partial charge in [-0.3, -0.25) is 9.59 Å². The van der Waals surface area contributed by atoms with E-state index in [-0.39, 0.29) is 30.6 Å². The van der Waals surface area contributed by atoms with E-state index in [1.54, 1.807) is 39.0 Å². The molecule has 212 valence electrons. The smallest absolute Gasteiger partial charge is 0.338 e. The lowest BCUT2D eigenvalue weighted by Crippen LogP contribution is -2.81. The van der Waals surface area contributed by atoms with Crippen LogP contribution in [0.25, 0.3) is 0 Å². The summed E-state index contributed by atoms with van der Waals surface area (Å²) in [6.07, 6.45) is -7.26. The van der Waals surface area contributed by atoms with E-state index >= 15 is 0 Å². The standard InChI is InChI=1S/C29H36O10/c1-14-17(31)12-29(36)24(38-25(35)16-9-7-6-8-10-16)22-27(5,23(34)21(33)20(14)26(29,3)4)18(32)11-19-28(22,13-37-19)39-15(2)30/h6-10,17-19,21-22,24,31-33,36H,11-13H2,1-5H3/t17?,18?,19?,21?,22-,24?,27-,28+,29-/m1/s1. The van der Waals surface area contributed by atoms with Gasteiger partial charge in [0.05, 0.1) is 35.7 Å². The van der Waals surface area contributed by atoms with E-state index in [4.69, 9.17) is 14.2 Å². The van der Waals surface area contributed by atoms with Crippen LogP contribution in [0, 0.1) is 16.7 Å². The summed E-state index contributed by atoms with van der Waals surface area (Å²) >= 11 is 0. The van der Waals surface area contributed by atoms with Crippen molar-refractivity contribution in [2.45, 2.75) is 89.2 Å². The largest absolute Gasteiger partial charge is 0.455 e. The molecule has 10 nitrogen and oxygen atoms in total. The van der Waals surface area contributed by atoms with E-state index in [0.29, 0.717) is 5.57 Å². The van der Waals surface area contributed by atoms with Gasteiger partial charge in [0.25, 0.3) is 0 Å².